The molecule has 0 heterocycles. The number of fused-ring (bicyclic) bond motifs is 1. The number of benzene rings is 1. The van der Waals surface area contributed by atoms with E-state index in [9.17, 15) is 15.0 Å². The van der Waals surface area contributed by atoms with Crippen molar-refractivity contribution in [3.63, 3.8) is 0 Å². The van der Waals surface area contributed by atoms with Gasteiger partial charge in [-0.25, -0.2) is 0 Å². The highest BCUT2D eigenvalue weighted by atomic mass is 16.4. The number of aliphatic hydroxyl groups excluding tert-OH is 2. The molecule has 28 heavy (non-hydrogen) atoms. The van der Waals surface area contributed by atoms with Crippen molar-refractivity contribution in [2.45, 2.75) is 64.1 Å². The maximum absolute atomic E-state index is 10.6. The van der Waals surface area contributed by atoms with Crippen molar-refractivity contribution < 1.29 is 20.1 Å². The summed E-state index contributed by atoms with van der Waals surface area (Å²) in [5.41, 5.74) is 3.72. The number of allylic oxidation sites excluding steroid dienone is 2. The van der Waals surface area contributed by atoms with Gasteiger partial charge in [0.15, 0.2) is 0 Å². The Morgan fingerprint density at radius 1 is 1.32 bits per heavy atom. The third-order valence-electron chi connectivity index (χ3n) is 6.17. The number of carboxylic acids is 1. The van der Waals surface area contributed by atoms with Crippen molar-refractivity contribution in [1.82, 2.24) is 0 Å². The van der Waals surface area contributed by atoms with Crippen molar-refractivity contribution in [3.05, 3.63) is 59.2 Å². The van der Waals surface area contributed by atoms with E-state index in [1.807, 2.05) is 37.3 Å². The van der Waals surface area contributed by atoms with Crippen molar-refractivity contribution in [2.24, 2.45) is 17.8 Å². The van der Waals surface area contributed by atoms with Gasteiger partial charge in [0, 0.05) is 18.8 Å². The zero-order valence-electron chi connectivity index (χ0n) is 16.6. The fourth-order valence-electron chi connectivity index (χ4n) is 4.82. The van der Waals surface area contributed by atoms with Gasteiger partial charge < -0.3 is 15.3 Å². The number of carbonyl (C=O) groups is 1. The molecule has 1 aromatic carbocycles. The highest BCUT2D eigenvalue weighted by Gasteiger charge is 2.43. The molecule has 5 atom stereocenters. The number of aryl methyl sites for hydroxylation is 1. The fourth-order valence-corrected chi connectivity index (χ4v) is 4.82. The Kier molecular flexibility index (Phi) is 7.08. The maximum Gasteiger partial charge on any atom is 0.303 e. The first-order valence-electron chi connectivity index (χ1n) is 10.4. The number of carboxylic acid groups (broad SMARTS) is 1. The molecule has 3 N–H and O–H groups in total. The lowest BCUT2D eigenvalue weighted by Crippen LogP contribution is -2.18. The summed E-state index contributed by atoms with van der Waals surface area (Å²) in [5, 5.41) is 29.6. The maximum atomic E-state index is 10.6. The SMILES string of the molecule is Cc1cccc(CC(O)C=CC2C(O)CC3C=C(CCCCC(=O)O)CC32)c1. The van der Waals surface area contributed by atoms with Gasteiger partial charge in [-0.3, -0.25) is 4.79 Å². The van der Waals surface area contributed by atoms with E-state index in [2.05, 4.69) is 12.1 Å². The molecule has 2 aliphatic carbocycles. The first-order valence-corrected chi connectivity index (χ1v) is 10.4. The van der Waals surface area contributed by atoms with Crippen LogP contribution in [0.15, 0.2) is 48.1 Å². The minimum Gasteiger partial charge on any atom is -0.481 e. The molecule has 4 heteroatoms. The predicted molar refractivity (Wildman–Crippen MR) is 110 cm³/mol. The van der Waals surface area contributed by atoms with Crippen molar-refractivity contribution in [3.8, 4) is 0 Å². The quantitative estimate of drug-likeness (QED) is 0.443. The summed E-state index contributed by atoms with van der Waals surface area (Å²) in [6.45, 7) is 2.05. The summed E-state index contributed by atoms with van der Waals surface area (Å²) in [6.07, 6.45) is 10.5. The average Bonchev–Trinajstić information content (AvgIpc) is 3.13. The lowest BCUT2D eigenvalue weighted by molar-refractivity contribution is -0.137. The molecule has 0 aromatic heterocycles. The minimum absolute atomic E-state index is 0.0879. The van der Waals surface area contributed by atoms with Crippen LogP contribution in [0.1, 0.15) is 49.7 Å². The second kappa shape index (κ2) is 9.53. The van der Waals surface area contributed by atoms with Gasteiger partial charge in [-0.05, 0) is 56.4 Å². The molecule has 0 amide bonds. The molecule has 3 rings (SSSR count). The molecule has 5 unspecified atom stereocenters. The Bertz CT molecular complexity index is 736. The van der Waals surface area contributed by atoms with Gasteiger partial charge in [-0.15, -0.1) is 0 Å². The van der Waals surface area contributed by atoms with E-state index in [1.54, 1.807) is 0 Å². The van der Waals surface area contributed by atoms with Gasteiger partial charge in [0.1, 0.15) is 0 Å². The van der Waals surface area contributed by atoms with E-state index in [4.69, 9.17) is 5.11 Å². The van der Waals surface area contributed by atoms with E-state index in [-0.39, 0.29) is 18.4 Å². The standard InChI is InChI=1S/C24H32O4/c1-16-5-4-7-17(11-16)13-20(25)9-10-21-22-14-18(6-2-3-8-24(27)28)12-19(22)15-23(21)26/h4-5,7,9-12,19-23,25-26H,2-3,6,8,13-15H2,1H3,(H,27,28). The highest BCUT2D eigenvalue weighted by molar-refractivity contribution is 5.66. The number of aliphatic hydroxyl groups is 2. The zero-order valence-corrected chi connectivity index (χ0v) is 16.6. The second-order valence-corrected chi connectivity index (χ2v) is 8.48. The van der Waals surface area contributed by atoms with Gasteiger partial charge in [-0.1, -0.05) is 53.6 Å². The van der Waals surface area contributed by atoms with Crippen molar-refractivity contribution in [1.29, 1.82) is 0 Å². The molecular weight excluding hydrogens is 352 g/mol. The van der Waals surface area contributed by atoms with Gasteiger partial charge in [-0.2, -0.15) is 0 Å². The Labute approximate surface area is 167 Å². The summed E-state index contributed by atoms with van der Waals surface area (Å²) in [5.74, 6) is 0.180. The van der Waals surface area contributed by atoms with Crippen LogP contribution in [0.2, 0.25) is 0 Å². The predicted octanol–water partition coefficient (Wildman–Crippen LogP) is 4.04. The average molecular weight is 385 g/mol. The number of hydrogen-bond donors (Lipinski definition) is 3. The van der Waals surface area contributed by atoms with Gasteiger partial charge in [0.25, 0.3) is 0 Å². The first-order chi connectivity index (χ1) is 13.4. The molecule has 0 spiro atoms. The fraction of sp³-hybridized carbons (Fsp3) is 0.542. The molecule has 0 saturated heterocycles. The van der Waals surface area contributed by atoms with Crippen molar-refractivity contribution in [2.75, 3.05) is 0 Å². The van der Waals surface area contributed by atoms with E-state index < -0.39 is 12.1 Å². The van der Waals surface area contributed by atoms with E-state index >= 15 is 0 Å². The van der Waals surface area contributed by atoms with Crippen LogP contribution in [0.4, 0.5) is 0 Å². The number of hydrogen-bond acceptors (Lipinski definition) is 3. The second-order valence-electron chi connectivity index (χ2n) is 8.48. The summed E-state index contributed by atoms with van der Waals surface area (Å²) >= 11 is 0. The topological polar surface area (TPSA) is 77.8 Å². The third kappa shape index (κ3) is 5.55. The molecule has 0 aliphatic heterocycles. The molecule has 1 fully saturated rings. The molecule has 1 aromatic rings. The van der Waals surface area contributed by atoms with Crippen LogP contribution < -0.4 is 0 Å². The zero-order chi connectivity index (χ0) is 20.1. The number of unbranched alkanes of at least 4 members (excludes halogenated alkanes) is 1. The Hall–Kier alpha value is -1.91. The van der Waals surface area contributed by atoms with Gasteiger partial charge in [0.05, 0.1) is 12.2 Å². The molecule has 0 radical (unpaired) electrons. The summed E-state index contributed by atoms with van der Waals surface area (Å²) < 4.78 is 0. The van der Waals surface area contributed by atoms with Crippen LogP contribution in [-0.4, -0.2) is 33.5 Å². The third-order valence-corrected chi connectivity index (χ3v) is 6.17. The summed E-state index contributed by atoms with van der Waals surface area (Å²) in [7, 11) is 0. The molecule has 0 bridgehead atoms. The van der Waals surface area contributed by atoms with Gasteiger partial charge in [0.2, 0.25) is 0 Å². The molecule has 4 nitrogen and oxygen atoms in total. The van der Waals surface area contributed by atoms with Crippen LogP contribution in [0.3, 0.4) is 0 Å². The van der Waals surface area contributed by atoms with Crippen LogP contribution in [0.25, 0.3) is 0 Å². The Morgan fingerprint density at radius 2 is 2.14 bits per heavy atom. The van der Waals surface area contributed by atoms with Crippen LogP contribution in [-0.2, 0) is 11.2 Å². The Morgan fingerprint density at radius 3 is 2.89 bits per heavy atom. The lowest BCUT2D eigenvalue weighted by atomic mass is 9.88. The first kappa shape index (κ1) is 20.8. The smallest absolute Gasteiger partial charge is 0.303 e. The van der Waals surface area contributed by atoms with Crippen LogP contribution in [0.5, 0.6) is 0 Å². The van der Waals surface area contributed by atoms with E-state index in [0.717, 1.165) is 37.7 Å². The molecule has 1 saturated carbocycles. The molecule has 152 valence electrons. The van der Waals surface area contributed by atoms with E-state index in [0.29, 0.717) is 18.3 Å². The van der Waals surface area contributed by atoms with Crippen LogP contribution in [0, 0.1) is 24.7 Å². The number of rotatable bonds is 9. The normalized spacial score (nSPS) is 27.8. The largest absolute Gasteiger partial charge is 0.481 e. The minimum atomic E-state index is -0.727. The van der Waals surface area contributed by atoms with Crippen LogP contribution >= 0.6 is 0 Å². The molecule has 2 aliphatic rings. The Balaban J connectivity index is 1.51. The monoisotopic (exact) mass is 384 g/mol. The van der Waals surface area contributed by atoms with Crippen molar-refractivity contribution >= 4 is 5.97 Å². The molecular formula is C24H32O4. The highest BCUT2D eigenvalue weighted by Crippen LogP contribution is 2.48. The lowest BCUT2D eigenvalue weighted by Gasteiger charge is -2.19. The van der Waals surface area contributed by atoms with E-state index in [1.165, 1.54) is 11.1 Å². The number of aliphatic carboxylic acids is 1. The van der Waals surface area contributed by atoms with Gasteiger partial charge >= 0.3 is 5.97 Å². The summed E-state index contributed by atoms with van der Waals surface area (Å²) in [6, 6.07) is 8.18. The summed E-state index contributed by atoms with van der Waals surface area (Å²) in [4.78, 5) is 10.6.